The third-order valence-electron chi connectivity index (χ3n) is 3.27. The van der Waals surface area contributed by atoms with Crippen LogP contribution in [-0.4, -0.2) is 48.8 Å². The highest BCUT2D eigenvalue weighted by molar-refractivity contribution is 5.89. The van der Waals surface area contributed by atoms with Crippen LogP contribution in [0.1, 0.15) is 52.9 Å². The van der Waals surface area contributed by atoms with Crippen LogP contribution in [0.3, 0.4) is 0 Å². The molecule has 8 heteroatoms. The zero-order valence-electron chi connectivity index (χ0n) is 14.7. The molecule has 0 spiro atoms. The quantitative estimate of drug-likeness (QED) is 0.246. The average Bonchev–Trinajstić information content (AvgIpc) is 2.49. The van der Waals surface area contributed by atoms with Crippen molar-refractivity contribution in [1.82, 2.24) is 10.6 Å². The molecule has 2 amide bonds. The predicted octanol–water partition coefficient (Wildman–Crippen LogP) is 0.0356. The Balaban J connectivity index is 4.85. The van der Waals surface area contributed by atoms with Gasteiger partial charge in [-0.3, -0.25) is 9.59 Å². The monoisotopic (exact) mass is 343 g/mol. The minimum Gasteiger partial charge on any atom is -0.461 e. The van der Waals surface area contributed by atoms with Crippen LogP contribution in [0, 0.1) is 0 Å². The zero-order valence-corrected chi connectivity index (χ0v) is 14.7. The molecule has 0 fully saturated rings. The number of unbranched alkanes of at least 4 members (excludes halogenated alkanes) is 1. The first kappa shape index (κ1) is 22.0. The molecule has 2 atom stereocenters. The first-order valence-corrected chi connectivity index (χ1v) is 8.21. The van der Waals surface area contributed by atoms with Crippen molar-refractivity contribution in [2.24, 2.45) is 5.73 Å². The Morgan fingerprint density at radius 2 is 1.79 bits per heavy atom. The van der Waals surface area contributed by atoms with E-state index in [-0.39, 0.29) is 24.7 Å². The summed E-state index contributed by atoms with van der Waals surface area (Å²) in [6, 6.07) is -1.67. The standard InChI is InChI=1S/C16H29N3O5/c1-11(2)24-16(23)14(8-7-12(3)21)19-15(22)13(18-10-20)6-4-5-9-17/h10-11,13-14H,4-9,17H2,1-3H3,(H,18,20)(H,19,22)/t13-,14?/m0/s1. The summed E-state index contributed by atoms with van der Waals surface area (Å²) >= 11 is 0. The van der Waals surface area contributed by atoms with E-state index in [0.29, 0.717) is 25.8 Å². The highest BCUT2D eigenvalue weighted by Gasteiger charge is 2.27. The summed E-state index contributed by atoms with van der Waals surface area (Å²) in [6.07, 6.45) is 2.24. The van der Waals surface area contributed by atoms with Crippen molar-refractivity contribution in [1.29, 1.82) is 0 Å². The molecule has 138 valence electrons. The Morgan fingerprint density at radius 3 is 2.29 bits per heavy atom. The van der Waals surface area contributed by atoms with E-state index in [0.717, 1.165) is 6.42 Å². The molecule has 4 N–H and O–H groups in total. The molecule has 0 aliphatic rings. The van der Waals surface area contributed by atoms with Gasteiger partial charge in [-0.15, -0.1) is 0 Å². The molecule has 0 aromatic carbocycles. The van der Waals surface area contributed by atoms with Gasteiger partial charge >= 0.3 is 5.97 Å². The molecule has 0 aromatic heterocycles. The second-order valence-electron chi connectivity index (χ2n) is 5.91. The van der Waals surface area contributed by atoms with Gasteiger partial charge in [0.15, 0.2) is 0 Å². The van der Waals surface area contributed by atoms with Crippen LogP contribution in [0.5, 0.6) is 0 Å². The van der Waals surface area contributed by atoms with Crippen molar-refractivity contribution in [3.05, 3.63) is 0 Å². The minimum absolute atomic E-state index is 0.0860. The number of nitrogens with one attached hydrogen (secondary N) is 2. The van der Waals surface area contributed by atoms with E-state index < -0.39 is 24.0 Å². The lowest BCUT2D eigenvalue weighted by atomic mass is 10.1. The maximum Gasteiger partial charge on any atom is 0.328 e. The summed E-state index contributed by atoms with van der Waals surface area (Å²) in [5.41, 5.74) is 5.42. The zero-order chi connectivity index (χ0) is 18.5. The van der Waals surface area contributed by atoms with E-state index in [1.807, 2.05) is 0 Å². The number of ketones is 1. The van der Waals surface area contributed by atoms with Crippen molar-refractivity contribution < 1.29 is 23.9 Å². The van der Waals surface area contributed by atoms with Crippen LogP contribution in [0.4, 0.5) is 0 Å². The Kier molecular flexibility index (Phi) is 11.4. The van der Waals surface area contributed by atoms with Gasteiger partial charge in [-0.1, -0.05) is 0 Å². The second-order valence-corrected chi connectivity index (χ2v) is 5.91. The molecular weight excluding hydrogens is 314 g/mol. The summed E-state index contributed by atoms with van der Waals surface area (Å²) in [5, 5.41) is 5.01. The molecule has 0 aliphatic heterocycles. The molecular formula is C16H29N3O5. The van der Waals surface area contributed by atoms with Crippen LogP contribution in [-0.2, 0) is 23.9 Å². The molecule has 0 radical (unpaired) electrons. The predicted molar refractivity (Wildman–Crippen MR) is 89.0 cm³/mol. The van der Waals surface area contributed by atoms with E-state index in [1.165, 1.54) is 6.92 Å². The number of rotatable bonds is 13. The van der Waals surface area contributed by atoms with Crippen molar-refractivity contribution >= 4 is 24.1 Å². The number of esters is 1. The third-order valence-corrected chi connectivity index (χ3v) is 3.27. The SMILES string of the molecule is CC(=O)CCC(NC(=O)[C@H](CCCCN)NC=O)C(=O)OC(C)C. The van der Waals surface area contributed by atoms with Crippen LogP contribution < -0.4 is 16.4 Å². The smallest absolute Gasteiger partial charge is 0.328 e. The summed E-state index contributed by atoms with van der Waals surface area (Å²) in [4.78, 5) is 46.2. The lowest BCUT2D eigenvalue weighted by Gasteiger charge is -2.22. The van der Waals surface area contributed by atoms with Gasteiger partial charge in [-0.05, 0) is 53.0 Å². The van der Waals surface area contributed by atoms with Gasteiger partial charge in [0.05, 0.1) is 6.10 Å². The number of ether oxygens (including phenoxy) is 1. The molecule has 0 aliphatic carbocycles. The third kappa shape index (κ3) is 9.94. The summed E-state index contributed by atoms with van der Waals surface area (Å²) in [5.74, 6) is -1.16. The van der Waals surface area contributed by atoms with Gasteiger partial charge in [0.25, 0.3) is 0 Å². The van der Waals surface area contributed by atoms with Gasteiger partial charge in [-0.25, -0.2) is 4.79 Å². The fraction of sp³-hybridized carbons (Fsp3) is 0.750. The van der Waals surface area contributed by atoms with Crippen LogP contribution in [0.15, 0.2) is 0 Å². The van der Waals surface area contributed by atoms with Gasteiger partial charge in [-0.2, -0.15) is 0 Å². The van der Waals surface area contributed by atoms with Gasteiger partial charge in [0.1, 0.15) is 17.9 Å². The Labute approximate surface area is 142 Å². The van der Waals surface area contributed by atoms with Crippen molar-refractivity contribution in [2.75, 3.05) is 6.54 Å². The highest BCUT2D eigenvalue weighted by Crippen LogP contribution is 2.06. The molecule has 0 bridgehead atoms. The summed E-state index contributed by atoms with van der Waals surface area (Å²) < 4.78 is 5.11. The average molecular weight is 343 g/mol. The normalized spacial score (nSPS) is 13.0. The lowest BCUT2D eigenvalue weighted by Crippen LogP contribution is -2.50. The Bertz CT molecular complexity index is 426. The first-order valence-electron chi connectivity index (χ1n) is 8.21. The molecule has 0 rings (SSSR count). The fourth-order valence-electron chi connectivity index (χ4n) is 2.05. The van der Waals surface area contributed by atoms with E-state index in [2.05, 4.69) is 10.6 Å². The molecule has 0 saturated heterocycles. The number of carbonyl (C=O) groups excluding carboxylic acids is 4. The molecule has 0 heterocycles. The van der Waals surface area contributed by atoms with Crippen LogP contribution in [0.25, 0.3) is 0 Å². The van der Waals surface area contributed by atoms with Gasteiger partial charge in [0, 0.05) is 6.42 Å². The number of hydrogen-bond donors (Lipinski definition) is 3. The maximum absolute atomic E-state index is 12.3. The van der Waals surface area contributed by atoms with Crippen LogP contribution in [0.2, 0.25) is 0 Å². The van der Waals surface area contributed by atoms with Crippen molar-refractivity contribution in [2.45, 2.75) is 71.1 Å². The lowest BCUT2D eigenvalue weighted by molar-refractivity contribution is -0.152. The van der Waals surface area contributed by atoms with Gasteiger partial charge in [0.2, 0.25) is 12.3 Å². The van der Waals surface area contributed by atoms with E-state index in [4.69, 9.17) is 10.5 Å². The van der Waals surface area contributed by atoms with Crippen molar-refractivity contribution in [3.63, 3.8) is 0 Å². The molecule has 24 heavy (non-hydrogen) atoms. The van der Waals surface area contributed by atoms with E-state index in [9.17, 15) is 19.2 Å². The Hall–Kier alpha value is -1.96. The first-order chi connectivity index (χ1) is 11.3. The number of hydrogen-bond acceptors (Lipinski definition) is 6. The maximum atomic E-state index is 12.3. The minimum atomic E-state index is -0.922. The number of Topliss-reactive ketones (excluding diaryl/α,β-unsaturated/α-hetero) is 1. The summed E-state index contributed by atoms with van der Waals surface area (Å²) in [7, 11) is 0. The topological polar surface area (TPSA) is 128 Å². The summed E-state index contributed by atoms with van der Waals surface area (Å²) in [6.45, 7) is 5.31. The molecule has 0 saturated carbocycles. The highest BCUT2D eigenvalue weighted by atomic mass is 16.5. The molecule has 1 unspecified atom stereocenters. The molecule has 0 aromatic rings. The molecule has 8 nitrogen and oxygen atoms in total. The van der Waals surface area contributed by atoms with Gasteiger partial charge < -0.3 is 25.9 Å². The number of carbonyl (C=O) groups is 4. The largest absolute Gasteiger partial charge is 0.461 e. The van der Waals surface area contributed by atoms with E-state index in [1.54, 1.807) is 13.8 Å². The number of amides is 2. The van der Waals surface area contributed by atoms with Crippen molar-refractivity contribution in [3.8, 4) is 0 Å². The van der Waals surface area contributed by atoms with Crippen LogP contribution >= 0.6 is 0 Å². The fourth-order valence-corrected chi connectivity index (χ4v) is 2.05. The second kappa shape index (κ2) is 12.5. The Morgan fingerprint density at radius 1 is 1.12 bits per heavy atom. The number of nitrogens with two attached hydrogens (primary N) is 1. The van der Waals surface area contributed by atoms with E-state index >= 15 is 0 Å².